The van der Waals surface area contributed by atoms with Crippen molar-refractivity contribution in [3.63, 3.8) is 0 Å². The molecular formula is C22H18FN3O2. The molecule has 1 aliphatic rings. The standard InChI is InChI=1S/C22H18FN3O2/c23-15-7-8-18-19(9-15)25-21(24-18)10-20(22(27)28)26-11-14-6-5-13-3-1-2-4-16(13)17(14)12-26/h1-9,20H,10-12H2,(H,24,25)(H,27,28)/t20-/m1/s1. The van der Waals surface area contributed by atoms with Crippen molar-refractivity contribution < 1.29 is 14.3 Å². The topological polar surface area (TPSA) is 69.2 Å². The monoisotopic (exact) mass is 375 g/mol. The largest absolute Gasteiger partial charge is 0.480 e. The number of carboxylic acid groups (broad SMARTS) is 1. The predicted octanol–water partition coefficient (Wildman–Crippen LogP) is 3.87. The molecule has 0 spiro atoms. The Morgan fingerprint density at radius 3 is 2.89 bits per heavy atom. The van der Waals surface area contributed by atoms with Crippen LogP contribution in [0.4, 0.5) is 4.39 Å². The molecule has 0 bridgehead atoms. The highest BCUT2D eigenvalue weighted by Crippen LogP contribution is 2.32. The van der Waals surface area contributed by atoms with Gasteiger partial charge >= 0.3 is 5.97 Å². The van der Waals surface area contributed by atoms with Crippen LogP contribution in [-0.4, -0.2) is 32.0 Å². The molecule has 140 valence electrons. The highest BCUT2D eigenvalue weighted by molar-refractivity contribution is 5.87. The number of aromatic nitrogens is 2. The van der Waals surface area contributed by atoms with Crippen LogP contribution in [0.15, 0.2) is 54.6 Å². The van der Waals surface area contributed by atoms with E-state index in [1.165, 1.54) is 23.1 Å². The number of hydrogen-bond donors (Lipinski definition) is 2. The highest BCUT2D eigenvalue weighted by Gasteiger charge is 2.32. The Labute approximate surface area is 160 Å². The summed E-state index contributed by atoms with van der Waals surface area (Å²) in [7, 11) is 0. The number of aliphatic carboxylic acids is 1. The Kier molecular flexibility index (Phi) is 3.87. The minimum Gasteiger partial charge on any atom is -0.480 e. The molecule has 4 aromatic rings. The van der Waals surface area contributed by atoms with Gasteiger partial charge in [-0.3, -0.25) is 9.69 Å². The fourth-order valence-electron chi connectivity index (χ4n) is 4.10. The Hall–Kier alpha value is -3.25. The van der Waals surface area contributed by atoms with E-state index in [-0.39, 0.29) is 12.2 Å². The molecule has 1 atom stereocenters. The van der Waals surface area contributed by atoms with Gasteiger partial charge in [0.15, 0.2) is 0 Å². The third-order valence-electron chi connectivity index (χ3n) is 5.48. The summed E-state index contributed by atoms with van der Waals surface area (Å²) < 4.78 is 13.4. The van der Waals surface area contributed by atoms with Gasteiger partial charge in [0, 0.05) is 19.5 Å². The van der Waals surface area contributed by atoms with Crippen LogP contribution >= 0.6 is 0 Å². The van der Waals surface area contributed by atoms with Crippen molar-refractivity contribution in [1.29, 1.82) is 0 Å². The molecule has 0 saturated carbocycles. The fourth-order valence-corrected chi connectivity index (χ4v) is 4.10. The number of halogens is 1. The van der Waals surface area contributed by atoms with Crippen LogP contribution in [0.5, 0.6) is 0 Å². The van der Waals surface area contributed by atoms with E-state index in [2.05, 4.69) is 34.2 Å². The van der Waals surface area contributed by atoms with Gasteiger partial charge in [-0.2, -0.15) is 0 Å². The highest BCUT2D eigenvalue weighted by atomic mass is 19.1. The van der Waals surface area contributed by atoms with Gasteiger partial charge in [0.1, 0.15) is 17.7 Å². The maximum atomic E-state index is 13.4. The van der Waals surface area contributed by atoms with Crippen molar-refractivity contribution in [3.05, 3.63) is 77.4 Å². The van der Waals surface area contributed by atoms with E-state index in [4.69, 9.17) is 0 Å². The number of hydrogen-bond acceptors (Lipinski definition) is 3. The first-order chi connectivity index (χ1) is 13.6. The average molecular weight is 375 g/mol. The molecule has 0 radical (unpaired) electrons. The maximum absolute atomic E-state index is 13.4. The molecule has 3 aromatic carbocycles. The Morgan fingerprint density at radius 2 is 2.04 bits per heavy atom. The second kappa shape index (κ2) is 6.42. The van der Waals surface area contributed by atoms with Gasteiger partial charge in [0.05, 0.1) is 11.0 Å². The Morgan fingerprint density at radius 1 is 1.18 bits per heavy atom. The third kappa shape index (κ3) is 2.82. The molecule has 5 nitrogen and oxygen atoms in total. The number of rotatable bonds is 4. The van der Waals surface area contributed by atoms with Crippen molar-refractivity contribution in [2.24, 2.45) is 0 Å². The zero-order chi connectivity index (χ0) is 19.3. The summed E-state index contributed by atoms with van der Waals surface area (Å²) in [5, 5.41) is 12.2. The summed E-state index contributed by atoms with van der Waals surface area (Å²) in [6, 6.07) is 15.9. The van der Waals surface area contributed by atoms with Gasteiger partial charge in [0.2, 0.25) is 0 Å². The van der Waals surface area contributed by atoms with Crippen LogP contribution in [0, 0.1) is 5.82 Å². The van der Waals surface area contributed by atoms with E-state index in [1.807, 2.05) is 17.0 Å². The van der Waals surface area contributed by atoms with Gasteiger partial charge < -0.3 is 10.1 Å². The van der Waals surface area contributed by atoms with Gasteiger partial charge in [-0.1, -0.05) is 36.4 Å². The molecule has 0 saturated heterocycles. The van der Waals surface area contributed by atoms with Crippen molar-refractivity contribution in [2.75, 3.05) is 0 Å². The molecular weight excluding hydrogens is 357 g/mol. The number of carbonyl (C=O) groups is 1. The second-order valence-corrected chi connectivity index (χ2v) is 7.23. The summed E-state index contributed by atoms with van der Waals surface area (Å²) in [5.74, 6) is -0.683. The van der Waals surface area contributed by atoms with Gasteiger partial charge in [-0.05, 0) is 40.1 Å². The number of H-pyrrole nitrogens is 1. The summed E-state index contributed by atoms with van der Waals surface area (Å²) in [6.45, 7) is 1.18. The van der Waals surface area contributed by atoms with E-state index < -0.39 is 12.0 Å². The lowest BCUT2D eigenvalue weighted by molar-refractivity contribution is -0.143. The van der Waals surface area contributed by atoms with E-state index in [9.17, 15) is 14.3 Å². The zero-order valence-electron chi connectivity index (χ0n) is 15.0. The van der Waals surface area contributed by atoms with E-state index in [0.29, 0.717) is 29.9 Å². The number of imidazole rings is 1. The number of fused-ring (bicyclic) bond motifs is 4. The van der Waals surface area contributed by atoms with Crippen LogP contribution in [0.1, 0.15) is 17.0 Å². The van der Waals surface area contributed by atoms with Crippen LogP contribution in [0.25, 0.3) is 21.8 Å². The average Bonchev–Trinajstić information content (AvgIpc) is 3.29. The van der Waals surface area contributed by atoms with Crippen LogP contribution in [0.2, 0.25) is 0 Å². The molecule has 0 unspecified atom stereocenters. The van der Waals surface area contributed by atoms with Gasteiger partial charge in [-0.25, -0.2) is 9.37 Å². The minimum absolute atomic E-state index is 0.234. The van der Waals surface area contributed by atoms with Crippen molar-refractivity contribution in [1.82, 2.24) is 14.9 Å². The molecule has 0 aliphatic carbocycles. The normalized spacial score (nSPS) is 15.2. The molecule has 2 heterocycles. The van der Waals surface area contributed by atoms with Gasteiger partial charge in [-0.15, -0.1) is 0 Å². The summed E-state index contributed by atoms with van der Waals surface area (Å²) >= 11 is 0. The van der Waals surface area contributed by atoms with Gasteiger partial charge in [0.25, 0.3) is 0 Å². The predicted molar refractivity (Wildman–Crippen MR) is 104 cm³/mol. The minimum atomic E-state index is -0.885. The zero-order valence-corrected chi connectivity index (χ0v) is 15.0. The molecule has 5 rings (SSSR count). The molecule has 1 aliphatic heterocycles. The lowest BCUT2D eigenvalue weighted by Gasteiger charge is -2.23. The smallest absolute Gasteiger partial charge is 0.321 e. The number of nitrogens with one attached hydrogen (secondary N) is 1. The number of nitrogens with zero attached hydrogens (tertiary/aromatic N) is 2. The number of carboxylic acids is 1. The quantitative estimate of drug-likeness (QED) is 0.568. The Balaban J connectivity index is 1.45. The first-order valence-corrected chi connectivity index (χ1v) is 9.19. The van der Waals surface area contributed by atoms with Crippen LogP contribution < -0.4 is 0 Å². The molecule has 28 heavy (non-hydrogen) atoms. The maximum Gasteiger partial charge on any atom is 0.321 e. The third-order valence-corrected chi connectivity index (χ3v) is 5.48. The number of aromatic amines is 1. The molecule has 6 heteroatoms. The lowest BCUT2D eigenvalue weighted by Crippen LogP contribution is -2.39. The Bertz CT molecular complexity index is 1220. The van der Waals surface area contributed by atoms with E-state index in [1.54, 1.807) is 6.07 Å². The summed E-state index contributed by atoms with van der Waals surface area (Å²) in [4.78, 5) is 21.5. The van der Waals surface area contributed by atoms with Crippen molar-refractivity contribution >= 4 is 27.8 Å². The SMILES string of the molecule is O=C(O)[C@@H](Cc1nc2ccc(F)cc2[nH]1)N1Cc2ccc3ccccc3c2C1. The molecule has 2 N–H and O–H groups in total. The first kappa shape index (κ1) is 16.9. The fraction of sp³-hybridized carbons (Fsp3) is 0.182. The molecule has 0 fully saturated rings. The van der Waals surface area contributed by atoms with Crippen LogP contribution in [-0.2, 0) is 24.3 Å². The molecule has 0 amide bonds. The second-order valence-electron chi connectivity index (χ2n) is 7.23. The van der Waals surface area contributed by atoms with E-state index in [0.717, 1.165) is 10.9 Å². The van der Waals surface area contributed by atoms with E-state index >= 15 is 0 Å². The summed E-state index contributed by atoms with van der Waals surface area (Å²) in [5.41, 5.74) is 3.57. The first-order valence-electron chi connectivity index (χ1n) is 9.19. The summed E-state index contributed by atoms with van der Waals surface area (Å²) in [6.07, 6.45) is 0.234. The van der Waals surface area contributed by atoms with Crippen molar-refractivity contribution in [2.45, 2.75) is 25.6 Å². The lowest BCUT2D eigenvalue weighted by atomic mass is 10.0. The van der Waals surface area contributed by atoms with Crippen LogP contribution in [0.3, 0.4) is 0 Å². The van der Waals surface area contributed by atoms with Crippen molar-refractivity contribution in [3.8, 4) is 0 Å². The number of benzene rings is 3. The molecule has 1 aromatic heterocycles.